The van der Waals surface area contributed by atoms with Crippen LogP contribution in [0.1, 0.15) is 24.2 Å². The smallest absolute Gasteiger partial charge is 0.259 e. The number of hydrogen-bond acceptors (Lipinski definition) is 4. The van der Waals surface area contributed by atoms with Crippen molar-refractivity contribution in [1.29, 1.82) is 0 Å². The van der Waals surface area contributed by atoms with E-state index in [1.165, 1.54) is 7.11 Å². The van der Waals surface area contributed by atoms with Crippen molar-refractivity contribution in [2.24, 2.45) is 0 Å². The third-order valence-corrected chi connectivity index (χ3v) is 3.44. The maximum atomic E-state index is 12.5. The summed E-state index contributed by atoms with van der Waals surface area (Å²) in [6.07, 6.45) is 0. The van der Waals surface area contributed by atoms with Crippen LogP contribution in [0.2, 0.25) is 5.02 Å². The van der Waals surface area contributed by atoms with Gasteiger partial charge >= 0.3 is 0 Å². The predicted molar refractivity (Wildman–Crippen MR) is 94.7 cm³/mol. The lowest BCUT2D eigenvalue weighted by molar-refractivity contribution is 0.102. The van der Waals surface area contributed by atoms with Gasteiger partial charge in [-0.1, -0.05) is 11.6 Å². The van der Waals surface area contributed by atoms with Crippen LogP contribution >= 0.6 is 11.6 Å². The largest absolute Gasteiger partial charge is 0.496 e. The van der Waals surface area contributed by atoms with Gasteiger partial charge in [-0.2, -0.15) is 0 Å². The van der Waals surface area contributed by atoms with Crippen molar-refractivity contribution >= 4 is 23.2 Å². The number of carbonyl (C=O) groups is 1. The van der Waals surface area contributed by atoms with Crippen molar-refractivity contribution in [3.63, 3.8) is 0 Å². The minimum Gasteiger partial charge on any atom is -0.496 e. The van der Waals surface area contributed by atoms with Gasteiger partial charge in [0.05, 0.1) is 25.9 Å². The van der Waals surface area contributed by atoms with Crippen LogP contribution in [0.15, 0.2) is 36.4 Å². The van der Waals surface area contributed by atoms with Crippen molar-refractivity contribution in [2.75, 3.05) is 25.6 Å². The van der Waals surface area contributed by atoms with Gasteiger partial charge in [-0.25, -0.2) is 0 Å². The van der Waals surface area contributed by atoms with Crippen molar-refractivity contribution < 1.29 is 19.0 Å². The first-order valence-electron chi connectivity index (χ1n) is 7.63. The lowest BCUT2D eigenvalue weighted by Gasteiger charge is -2.14. The number of methoxy groups -OCH3 is 1. The Balaban J connectivity index is 2.25. The number of carbonyl (C=O) groups excluding carboxylic acids is 1. The van der Waals surface area contributed by atoms with E-state index in [4.69, 9.17) is 25.8 Å². The van der Waals surface area contributed by atoms with E-state index in [0.29, 0.717) is 46.7 Å². The fourth-order valence-electron chi connectivity index (χ4n) is 2.18. The van der Waals surface area contributed by atoms with Crippen LogP contribution in [0.5, 0.6) is 17.2 Å². The van der Waals surface area contributed by atoms with Crippen LogP contribution in [0.4, 0.5) is 5.69 Å². The van der Waals surface area contributed by atoms with Gasteiger partial charge in [0.1, 0.15) is 5.75 Å². The van der Waals surface area contributed by atoms with Gasteiger partial charge in [-0.3, -0.25) is 4.79 Å². The highest BCUT2D eigenvalue weighted by Crippen LogP contribution is 2.31. The molecule has 0 unspecified atom stereocenters. The number of hydrogen-bond donors (Lipinski definition) is 1. The van der Waals surface area contributed by atoms with Gasteiger partial charge in [-0.15, -0.1) is 0 Å². The second kappa shape index (κ2) is 8.45. The first-order valence-corrected chi connectivity index (χ1v) is 8.01. The van der Waals surface area contributed by atoms with E-state index in [0.717, 1.165) is 0 Å². The Morgan fingerprint density at radius 3 is 2.33 bits per heavy atom. The molecule has 0 heterocycles. The molecule has 2 rings (SSSR count). The summed E-state index contributed by atoms with van der Waals surface area (Å²) in [5, 5.41) is 3.28. The lowest BCUT2D eigenvalue weighted by atomic mass is 10.1. The summed E-state index contributed by atoms with van der Waals surface area (Å²) >= 11 is 5.97. The fourth-order valence-corrected chi connectivity index (χ4v) is 2.36. The summed E-state index contributed by atoms with van der Waals surface area (Å²) in [5.74, 6) is 1.35. The molecule has 0 aromatic heterocycles. The normalized spacial score (nSPS) is 10.2. The average Bonchev–Trinajstić information content (AvgIpc) is 2.57. The van der Waals surface area contributed by atoms with Gasteiger partial charge < -0.3 is 19.5 Å². The van der Waals surface area contributed by atoms with Gasteiger partial charge in [0.25, 0.3) is 5.91 Å². The van der Waals surface area contributed by atoms with Crippen LogP contribution in [-0.2, 0) is 0 Å². The molecule has 0 saturated heterocycles. The molecule has 0 bridgehead atoms. The summed E-state index contributed by atoms with van der Waals surface area (Å²) < 4.78 is 16.3. The molecule has 2 aromatic carbocycles. The third-order valence-electron chi connectivity index (χ3n) is 3.21. The number of ether oxygens (including phenoxy) is 3. The molecule has 0 aliphatic heterocycles. The molecule has 5 nitrogen and oxygen atoms in total. The van der Waals surface area contributed by atoms with Crippen LogP contribution in [0, 0.1) is 0 Å². The number of rotatable bonds is 7. The Kier molecular flexibility index (Phi) is 6.32. The minimum atomic E-state index is -0.319. The minimum absolute atomic E-state index is 0.319. The average molecular weight is 350 g/mol. The van der Waals surface area contributed by atoms with E-state index in [-0.39, 0.29) is 5.91 Å². The highest BCUT2D eigenvalue weighted by Gasteiger charge is 2.14. The quantitative estimate of drug-likeness (QED) is 0.805. The van der Waals surface area contributed by atoms with Crippen molar-refractivity contribution in [3.05, 3.63) is 47.0 Å². The topological polar surface area (TPSA) is 56.8 Å². The first-order chi connectivity index (χ1) is 11.6. The molecule has 128 valence electrons. The van der Waals surface area contributed by atoms with Crippen LogP contribution in [0.25, 0.3) is 0 Å². The number of benzene rings is 2. The summed E-state index contributed by atoms with van der Waals surface area (Å²) in [4.78, 5) is 12.5. The zero-order valence-corrected chi connectivity index (χ0v) is 14.6. The maximum absolute atomic E-state index is 12.5. The lowest BCUT2D eigenvalue weighted by Crippen LogP contribution is -2.13. The SMILES string of the molecule is CCOc1ccc(NC(=O)c2cc(Cl)ccc2OC)cc1OCC. The Morgan fingerprint density at radius 2 is 1.67 bits per heavy atom. The van der Waals surface area contributed by atoms with E-state index in [9.17, 15) is 4.79 Å². The molecule has 0 aliphatic rings. The van der Waals surface area contributed by atoms with E-state index in [1.807, 2.05) is 13.8 Å². The molecular weight excluding hydrogens is 330 g/mol. The van der Waals surface area contributed by atoms with Crippen LogP contribution in [0.3, 0.4) is 0 Å². The number of amides is 1. The highest BCUT2D eigenvalue weighted by molar-refractivity contribution is 6.31. The Morgan fingerprint density at radius 1 is 1.00 bits per heavy atom. The molecule has 6 heteroatoms. The Hall–Kier alpha value is -2.40. The molecule has 0 aliphatic carbocycles. The number of halogens is 1. The second-order valence-corrected chi connectivity index (χ2v) is 5.26. The van der Waals surface area contributed by atoms with Gasteiger partial charge in [0.15, 0.2) is 11.5 Å². The van der Waals surface area contributed by atoms with Crippen molar-refractivity contribution in [3.8, 4) is 17.2 Å². The highest BCUT2D eigenvalue weighted by atomic mass is 35.5. The molecule has 0 saturated carbocycles. The predicted octanol–water partition coefficient (Wildman–Crippen LogP) is 4.40. The molecule has 0 spiro atoms. The molecule has 0 fully saturated rings. The van der Waals surface area contributed by atoms with Crippen molar-refractivity contribution in [2.45, 2.75) is 13.8 Å². The standard InChI is InChI=1S/C18H20ClNO4/c1-4-23-16-9-7-13(11-17(16)24-5-2)20-18(21)14-10-12(19)6-8-15(14)22-3/h6-11H,4-5H2,1-3H3,(H,20,21). The van der Waals surface area contributed by atoms with E-state index < -0.39 is 0 Å². The molecular formula is C18H20ClNO4. The van der Waals surface area contributed by atoms with Gasteiger partial charge in [0.2, 0.25) is 0 Å². The summed E-state index contributed by atoms with van der Waals surface area (Å²) in [6, 6.07) is 10.1. The monoisotopic (exact) mass is 349 g/mol. The maximum Gasteiger partial charge on any atom is 0.259 e. The number of anilines is 1. The molecule has 1 amide bonds. The summed E-state index contributed by atoms with van der Waals surface area (Å²) in [6.45, 7) is 4.82. The van der Waals surface area contributed by atoms with Crippen molar-refractivity contribution in [1.82, 2.24) is 0 Å². The zero-order valence-electron chi connectivity index (χ0n) is 13.9. The fraction of sp³-hybridized carbons (Fsp3) is 0.278. The molecule has 24 heavy (non-hydrogen) atoms. The molecule has 0 atom stereocenters. The Labute approximate surface area is 146 Å². The summed E-state index contributed by atoms with van der Waals surface area (Å²) in [7, 11) is 1.50. The second-order valence-electron chi connectivity index (χ2n) is 4.83. The zero-order chi connectivity index (χ0) is 17.5. The summed E-state index contributed by atoms with van der Waals surface area (Å²) in [5.41, 5.74) is 0.950. The molecule has 2 aromatic rings. The number of nitrogens with one attached hydrogen (secondary N) is 1. The van der Waals surface area contributed by atoms with Gasteiger partial charge in [-0.05, 0) is 44.2 Å². The van der Waals surface area contributed by atoms with Crippen LogP contribution < -0.4 is 19.5 Å². The first kappa shape index (κ1) is 17.9. The molecule has 0 radical (unpaired) electrons. The van der Waals surface area contributed by atoms with Crippen LogP contribution in [-0.4, -0.2) is 26.2 Å². The van der Waals surface area contributed by atoms with E-state index >= 15 is 0 Å². The third kappa shape index (κ3) is 4.32. The van der Waals surface area contributed by atoms with E-state index in [1.54, 1.807) is 36.4 Å². The van der Waals surface area contributed by atoms with Gasteiger partial charge in [0, 0.05) is 16.8 Å². The molecule has 1 N–H and O–H groups in total. The Bertz CT molecular complexity index is 718. The van der Waals surface area contributed by atoms with E-state index in [2.05, 4.69) is 5.32 Å².